The zero-order valence-electron chi connectivity index (χ0n) is 14.7. The van der Waals surface area contributed by atoms with Gasteiger partial charge in [-0.2, -0.15) is 0 Å². The van der Waals surface area contributed by atoms with E-state index in [4.69, 9.17) is 21.1 Å². The van der Waals surface area contributed by atoms with Crippen molar-refractivity contribution in [1.29, 1.82) is 0 Å². The van der Waals surface area contributed by atoms with Crippen LogP contribution < -0.4 is 4.74 Å². The second-order valence-corrected chi connectivity index (χ2v) is 6.52. The molecular weight excluding hydrogens is 356 g/mol. The van der Waals surface area contributed by atoms with Crippen molar-refractivity contribution >= 4 is 17.4 Å². The monoisotopic (exact) mass is 380 g/mol. The van der Waals surface area contributed by atoms with E-state index in [1.807, 2.05) is 6.08 Å². The van der Waals surface area contributed by atoms with Crippen LogP contribution in [0.1, 0.15) is 49.5 Å². The number of hydrogen-bond donors (Lipinski definition) is 2. The number of aromatic hydroxyl groups is 1. The minimum atomic E-state index is -1.37. The second-order valence-electron chi connectivity index (χ2n) is 6.14. The number of allylic oxidation sites excluding steroid dienone is 1. The predicted molar refractivity (Wildman–Crippen MR) is 101 cm³/mol. The number of Topliss-reactive ketones (excluding diaryl/α,β-unsaturated/α-hetero) is 1. The van der Waals surface area contributed by atoms with E-state index in [-0.39, 0.29) is 47.5 Å². The molecule has 0 fully saturated rings. The zero-order chi connectivity index (χ0) is 18.9. The molecule has 0 aliphatic carbocycles. The van der Waals surface area contributed by atoms with Crippen molar-refractivity contribution in [2.24, 2.45) is 0 Å². The number of carbonyl (C=O) groups is 1. The number of benzene rings is 1. The van der Waals surface area contributed by atoms with Crippen LogP contribution in [0.15, 0.2) is 30.9 Å². The van der Waals surface area contributed by atoms with Gasteiger partial charge >= 0.3 is 0 Å². The Bertz CT molecular complexity index is 669. The molecule has 6 heteroatoms. The lowest BCUT2D eigenvalue weighted by molar-refractivity contribution is -0.118. The van der Waals surface area contributed by atoms with Gasteiger partial charge in [0.1, 0.15) is 23.9 Å². The minimum absolute atomic E-state index is 0.00325. The third kappa shape index (κ3) is 5.59. The van der Waals surface area contributed by atoms with Crippen molar-refractivity contribution in [3.63, 3.8) is 0 Å². The van der Waals surface area contributed by atoms with Crippen LogP contribution in [0.3, 0.4) is 0 Å². The number of rotatable bonds is 3. The highest BCUT2D eigenvalue weighted by molar-refractivity contribution is 6.33. The van der Waals surface area contributed by atoms with Gasteiger partial charge in [-0.25, -0.2) is 0 Å². The van der Waals surface area contributed by atoms with Gasteiger partial charge in [0, 0.05) is 18.9 Å². The van der Waals surface area contributed by atoms with Gasteiger partial charge in [0.05, 0.1) is 17.2 Å². The summed E-state index contributed by atoms with van der Waals surface area (Å²) in [5, 5.41) is 21.0. The fraction of sp³-hybridized carbons (Fsp3) is 0.450. The lowest BCUT2D eigenvalue weighted by Crippen LogP contribution is -2.13. The first kappa shape index (κ1) is 20.5. The molecule has 0 amide bonds. The number of phenols is 1. The Labute approximate surface area is 158 Å². The molecule has 1 aliphatic heterocycles. The minimum Gasteiger partial charge on any atom is -0.507 e. The molecule has 0 saturated heterocycles. The Morgan fingerprint density at radius 3 is 2.88 bits per heavy atom. The molecule has 0 bridgehead atoms. The molecule has 1 aliphatic rings. The van der Waals surface area contributed by atoms with E-state index in [0.717, 1.165) is 19.3 Å². The van der Waals surface area contributed by atoms with E-state index in [9.17, 15) is 15.0 Å². The molecule has 142 valence electrons. The standard InChI is InChI=1S/C20H25ClO5/c1-2-10-25-17-13-16(23)18-15(19(17)21)12-14(22)9-7-5-3-4-6-8-11-26-20(18)24/h2,4,6,13,20,23-24H,1,3,5,7-12H2/b6-4+. The van der Waals surface area contributed by atoms with E-state index in [2.05, 4.69) is 12.7 Å². The molecule has 1 unspecified atom stereocenters. The zero-order valence-corrected chi connectivity index (χ0v) is 15.5. The summed E-state index contributed by atoms with van der Waals surface area (Å²) in [4.78, 5) is 12.4. The Hall–Kier alpha value is -1.82. The first-order valence-electron chi connectivity index (χ1n) is 8.79. The summed E-state index contributed by atoms with van der Waals surface area (Å²) in [6.07, 6.45) is 7.91. The van der Waals surface area contributed by atoms with Crippen LogP contribution in [0, 0.1) is 0 Å². The van der Waals surface area contributed by atoms with E-state index >= 15 is 0 Å². The number of ether oxygens (including phenoxy) is 2. The highest BCUT2D eigenvalue weighted by atomic mass is 35.5. The maximum absolute atomic E-state index is 12.4. The third-order valence-electron chi connectivity index (χ3n) is 4.13. The SMILES string of the molecule is C=CCOc1cc(O)c2c(c1Cl)CC(=O)CCCC/C=C/CCOC2O. The van der Waals surface area contributed by atoms with Crippen LogP contribution in [0.4, 0.5) is 0 Å². The predicted octanol–water partition coefficient (Wildman–Crippen LogP) is 4.25. The molecule has 0 saturated carbocycles. The van der Waals surface area contributed by atoms with Gasteiger partial charge in [0.15, 0.2) is 6.29 Å². The van der Waals surface area contributed by atoms with E-state index in [1.54, 1.807) is 6.08 Å². The molecule has 0 aromatic heterocycles. The number of ketones is 1. The Morgan fingerprint density at radius 2 is 2.12 bits per heavy atom. The van der Waals surface area contributed by atoms with Crippen LogP contribution in [0.5, 0.6) is 11.5 Å². The van der Waals surface area contributed by atoms with Gasteiger partial charge < -0.3 is 19.7 Å². The number of phenolic OH excluding ortho intramolecular Hbond substituents is 1. The smallest absolute Gasteiger partial charge is 0.185 e. The second kappa shape index (κ2) is 10.4. The normalized spacial score (nSPS) is 20.7. The largest absolute Gasteiger partial charge is 0.507 e. The van der Waals surface area contributed by atoms with Crippen LogP contribution in [-0.4, -0.2) is 29.2 Å². The Kier molecular flexibility index (Phi) is 8.16. The van der Waals surface area contributed by atoms with Crippen molar-refractivity contribution < 1.29 is 24.5 Å². The number of aliphatic hydroxyl groups is 1. The van der Waals surface area contributed by atoms with Crippen molar-refractivity contribution in [1.82, 2.24) is 0 Å². The number of hydrogen-bond acceptors (Lipinski definition) is 5. The van der Waals surface area contributed by atoms with E-state index in [1.165, 1.54) is 6.07 Å². The molecule has 0 spiro atoms. The topological polar surface area (TPSA) is 76.0 Å². The summed E-state index contributed by atoms with van der Waals surface area (Å²) >= 11 is 6.42. The van der Waals surface area contributed by atoms with Crippen molar-refractivity contribution in [2.45, 2.75) is 44.8 Å². The van der Waals surface area contributed by atoms with E-state index < -0.39 is 6.29 Å². The van der Waals surface area contributed by atoms with Crippen LogP contribution >= 0.6 is 11.6 Å². The molecule has 5 nitrogen and oxygen atoms in total. The van der Waals surface area contributed by atoms with Gasteiger partial charge in [0.2, 0.25) is 0 Å². The lowest BCUT2D eigenvalue weighted by Gasteiger charge is -2.20. The van der Waals surface area contributed by atoms with E-state index in [0.29, 0.717) is 18.4 Å². The number of halogens is 1. The van der Waals surface area contributed by atoms with Gasteiger partial charge in [-0.1, -0.05) is 36.4 Å². The average molecular weight is 381 g/mol. The molecule has 1 aromatic rings. The molecule has 26 heavy (non-hydrogen) atoms. The molecule has 2 N–H and O–H groups in total. The number of fused-ring (bicyclic) bond motifs is 1. The molecule has 0 radical (unpaired) electrons. The van der Waals surface area contributed by atoms with Crippen molar-refractivity contribution in [3.8, 4) is 11.5 Å². The van der Waals surface area contributed by atoms with Gasteiger partial charge in [0.25, 0.3) is 0 Å². The van der Waals surface area contributed by atoms with Gasteiger partial charge in [-0.15, -0.1) is 0 Å². The van der Waals surface area contributed by atoms with Crippen molar-refractivity contribution in [3.05, 3.63) is 47.0 Å². The molecule has 2 rings (SSSR count). The molecule has 1 aromatic carbocycles. The average Bonchev–Trinajstić information content (AvgIpc) is 2.61. The quantitative estimate of drug-likeness (QED) is 0.766. The first-order chi connectivity index (χ1) is 12.5. The van der Waals surface area contributed by atoms with Crippen molar-refractivity contribution in [2.75, 3.05) is 13.2 Å². The summed E-state index contributed by atoms with van der Waals surface area (Å²) in [5.74, 6) is 0.0138. The maximum Gasteiger partial charge on any atom is 0.185 e. The van der Waals surface area contributed by atoms with Gasteiger partial charge in [-0.05, 0) is 31.2 Å². The number of carbonyl (C=O) groups excluding carboxylic acids is 1. The fourth-order valence-electron chi connectivity index (χ4n) is 2.83. The fourth-order valence-corrected chi connectivity index (χ4v) is 3.10. The highest BCUT2D eigenvalue weighted by Crippen LogP contribution is 2.41. The summed E-state index contributed by atoms with van der Waals surface area (Å²) in [5.41, 5.74) is 0.464. The summed E-state index contributed by atoms with van der Waals surface area (Å²) < 4.78 is 10.9. The van der Waals surface area contributed by atoms with Crippen LogP contribution in [0.25, 0.3) is 0 Å². The highest BCUT2D eigenvalue weighted by Gasteiger charge is 2.25. The lowest BCUT2D eigenvalue weighted by atomic mass is 9.97. The summed E-state index contributed by atoms with van der Waals surface area (Å²) in [6, 6.07) is 1.32. The van der Waals surface area contributed by atoms with Crippen LogP contribution in [-0.2, 0) is 16.0 Å². The molecule has 1 heterocycles. The third-order valence-corrected chi connectivity index (χ3v) is 4.55. The summed E-state index contributed by atoms with van der Waals surface area (Å²) in [6.45, 7) is 4.07. The number of aliphatic hydroxyl groups excluding tert-OH is 1. The summed E-state index contributed by atoms with van der Waals surface area (Å²) in [7, 11) is 0. The Balaban J connectivity index is 2.40. The van der Waals surface area contributed by atoms with Gasteiger partial charge in [-0.3, -0.25) is 4.79 Å². The molecule has 1 atom stereocenters. The Morgan fingerprint density at radius 1 is 1.35 bits per heavy atom. The first-order valence-corrected chi connectivity index (χ1v) is 9.16. The maximum atomic E-state index is 12.4. The van der Waals surface area contributed by atoms with Crippen LogP contribution in [0.2, 0.25) is 5.02 Å². The molecular formula is C20H25ClO5.